The minimum absolute atomic E-state index is 0.363. The molecule has 4 heteroatoms. The number of benzene rings is 1. The van der Waals surface area contributed by atoms with E-state index in [9.17, 15) is 4.79 Å². The largest absolute Gasteiger partial charge is 0.292 e. The third-order valence-corrected chi connectivity index (χ3v) is 1.42. The topological polar surface area (TPSA) is 55.6 Å². The van der Waals surface area contributed by atoms with E-state index in [1.54, 1.807) is 24.3 Å². The quantitative estimate of drug-likeness (QED) is 0.397. The highest BCUT2D eigenvalue weighted by Crippen LogP contribution is 2.00. The maximum atomic E-state index is 11.3. The fourth-order valence-corrected chi connectivity index (χ4v) is 0.791. The summed E-state index contributed by atoms with van der Waals surface area (Å²) in [6.45, 7) is 0. The van der Waals surface area contributed by atoms with Crippen LogP contribution in [0.15, 0.2) is 30.3 Å². The molecule has 64 valence electrons. The molecule has 4 nitrogen and oxygen atoms in total. The summed E-state index contributed by atoms with van der Waals surface area (Å²) >= 11 is 0. The van der Waals surface area contributed by atoms with Crippen molar-refractivity contribution in [2.24, 2.45) is 5.84 Å². The lowest BCUT2D eigenvalue weighted by molar-refractivity contribution is -0.0969. The zero-order valence-corrected chi connectivity index (χ0v) is 6.73. The molecule has 0 radical (unpaired) electrons. The van der Waals surface area contributed by atoms with E-state index >= 15 is 0 Å². The fraction of sp³-hybridized carbons (Fsp3) is 0.125. The van der Waals surface area contributed by atoms with Crippen molar-refractivity contribution in [2.45, 2.75) is 0 Å². The van der Waals surface area contributed by atoms with Gasteiger partial charge >= 0.3 is 0 Å². The lowest BCUT2D eigenvalue weighted by Crippen LogP contribution is -2.36. The van der Waals surface area contributed by atoms with Crippen molar-refractivity contribution >= 4 is 5.91 Å². The number of rotatable bonds is 2. The summed E-state index contributed by atoms with van der Waals surface area (Å²) in [6.07, 6.45) is 0. The van der Waals surface area contributed by atoms with Crippen LogP contribution in [0.5, 0.6) is 0 Å². The van der Waals surface area contributed by atoms with Crippen molar-refractivity contribution in [3.8, 4) is 0 Å². The van der Waals surface area contributed by atoms with Crippen molar-refractivity contribution < 1.29 is 9.63 Å². The van der Waals surface area contributed by atoms with Gasteiger partial charge in [-0.3, -0.25) is 9.63 Å². The summed E-state index contributed by atoms with van der Waals surface area (Å²) < 4.78 is 0. The van der Waals surface area contributed by atoms with Gasteiger partial charge in [0, 0.05) is 5.56 Å². The van der Waals surface area contributed by atoms with Crippen LogP contribution in [0.3, 0.4) is 0 Å². The van der Waals surface area contributed by atoms with Gasteiger partial charge in [-0.1, -0.05) is 18.2 Å². The van der Waals surface area contributed by atoms with Crippen molar-refractivity contribution in [3.05, 3.63) is 35.9 Å². The molecule has 0 aliphatic heterocycles. The average Bonchev–Trinajstić information content (AvgIpc) is 2.17. The number of carbonyl (C=O) groups excluding carboxylic acids is 1. The maximum absolute atomic E-state index is 11.3. The summed E-state index contributed by atoms with van der Waals surface area (Å²) in [6, 6.07) is 8.68. The lowest BCUT2D eigenvalue weighted by Gasteiger charge is -2.11. The van der Waals surface area contributed by atoms with Gasteiger partial charge in [-0.15, -0.1) is 5.17 Å². The highest BCUT2D eigenvalue weighted by atomic mass is 16.7. The Morgan fingerprint density at radius 2 is 2.00 bits per heavy atom. The molecule has 0 bridgehead atoms. The van der Waals surface area contributed by atoms with Crippen LogP contribution in [0, 0.1) is 0 Å². The number of hydroxylamine groups is 1. The summed E-state index contributed by atoms with van der Waals surface area (Å²) in [7, 11) is 1.33. The summed E-state index contributed by atoms with van der Waals surface area (Å²) in [4.78, 5) is 15.8. The molecule has 1 amide bonds. The molecule has 0 aromatic heterocycles. The molecule has 1 aromatic rings. The van der Waals surface area contributed by atoms with Crippen LogP contribution in [0.4, 0.5) is 0 Å². The van der Waals surface area contributed by atoms with Crippen LogP contribution in [0.1, 0.15) is 10.4 Å². The Morgan fingerprint density at radius 3 is 2.50 bits per heavy atom. The van der Waals surface area contributed by atoms with Gasteiger partial charge in [-0.05, 0) is 12.1 Å². The Labute approximate surface area is 70.5 Å². The molecule has 0 unspecified atom stereocenters. The molecule has 0 spiro atoms. The van der Waals surface area contributed by atoms with Crippen molar-refractivity contribution in [3.63, 3.8) is 0 Å². The number of hydrogen-bond donors (Lipinski definition) is 1. The summed E-state index contributed by atoms with van der Waals surface area (Å²) in [5.74, 6) is 4.85. The third kappa shape index (κ3) is 1.81. The standard InChI is InChI=1S/C8H10N2O2/c1-12-10(9)8(11)7-5-3-2-4-6-7/h2-6H,9H2,1H3. The second kappa shape index (κ2) is 3.85. The molecular weight excluding hydrogens is 156 g/mol. The van der Waals surface area contributed by atoms with Crippen LogP contribution in [-0.4, -0.2) is 18.2 Å². The molecule has 0 saturated heterocycles. The molecule has 0 saturated carbocycles. The second-order valence-corrected chi connectivity index (χ2v) is 2.18. The van der Waals surface area contributed by atoms with Crippen LogP contribution >= 0.6 is 0 Å². The molecule has 0 aliphatic carbocycles. The molecule has 0 fully saturated rings. The number of hydrazine groups is 1. The molecule has 1 rings (SSSR count). The Kier molecular flexibility index (Phi) is 2.79. The molecule has 0 heterocycles. The molecule has 2 N–H and O–H groups in total. The van der Waals surface area contributed by atoms with Crippen molar-refractivity contribution in [1.82, 2.24) is 5.17 Å². The normalized spacial score (nSPS) is 9.50. The van der Waals surface area contributed by atoms with E-state index in [2.05, 4.69) is 4.84 Å². The Balaban J connectivity index is 2.79. The SMILES string of the molecule is CON(N)C(=O)c1ccccc1. The first kappa shape index (κ1) is 8.70. The Hall–Kier alpha value is -1.39. The fourth-order valence-electron chi connectivity index (χ4n) is 0.791. The highest BCUT2D eigenvalue weighted by Gasteiger charge is 2.09. The van der Waals surface area contributed by atoms with E-state index in [0.29, 0.717) is 10.7 Å². The van der Waals surface area contributed by atoms with Crippen LogP contribution in [-0.2, 0) is 4.84 Å². The van der Waals surface area contributed by atoms with Gasteiger partial charge in [0.1, 0.15) is 0 Å². The van der Waals surface area contributed by atoms with E-state index in [1.165, 1.54) is 7.11 Å². The lowest BCUT2D eigenvalue weighted by atomic mass is 10.2. The van der Waals surface area contributed by atoms with Gasteiger partial charge in [0.05, 0.1) is 7.11 Å². The van der Waals surface area contributed by atoms with Crippen LogP contribution < -0.4 is 5.84 Å². The van der Waals surface area contributed by atoms with E-state index in [4.69, 9.17) is 5.84 Å². The summed E-state index contributed by atoms with van der Waals surface area (Å²) in [5, 5.41) is 0.690. The van der Waals surface area contributed by atoms with Gasteiger partial charge in [-0.2, -0.15) is 0 Å². The van der Waals surface area contributed by atoms with E-state index < -0.39 is 0 Å². The minimum atomic E-state index is -0.363. The molecule has 0 atom stereocenters. The van der Waals surface area contributed by atoms with E-state index in [0.717, 1.165) is 0 Å². The average molecular weight is 166 g/mol. The molecule has 1 aromatic carbocycles. The predicted octanol–water partition coefficient (Wildman–Crippen LogP) is 0.564. The molecular formula is C8H10N2O2. The minimum Gasteiger partial charge on any atom is -0.265 e. The van der Waals surface area contributed by atoms with Gasteiger partial charge in [0.15, 0.2) is 0 Å². The first-order valence-corrected chi connectivity index (χ1v) is 3.44. The smallest absolute Gasteiger partial charge is 0.265 e. The zero-order chi connectivity index (χ0) is 8.97. The molecule has 0 aliphatic rings. The number of nitrogens with two attached hydrogens (primary N) is 1. The van der Waals surface area contributed by atoms with Crippen molar-refractivity contribution in [1.29, 1.82) is 0 Å². The first-order valence-electron chi connectivity index (χ1n) is 3.44. The van der Waals surface area contributed by atoms with Gasteiger partial charge in [0.2, 0.25) is 0 Å². The zero-order valence-electron chi connectivity index (χ0n) is 6.73. The first-order chi connectivity index (χ1) is 5.75. The number of nitrogens with zero attached hydrogens (tertiary/aromatic N) is 1. The summed E-state index contributed by atoms with van der Waals surface area (Å²) in [5.41, 5.74) is 0.502. The van der Waals surface area contributed by atoms with Gasteiger partial charge in [0.25, 0.3) is 5.91 Å². The third-order valence-electron chi connectivity index (χ3n) is 1.42. The van der Waals surface area contributed by atoms with Crippen LogP contribution in [0.2, 0.25) is 0 Å². The number of amides is 1. The second-order valence-electron chi connectivity index (χ2n) is 2.18. The highest BCUT2D eigenvalue weighted by molar-refractivity contribution is 5.92. The van der Waals surface area contributed by atoms with Gasteiger partial charge in [-0.25, -0.2) is 5.84 Å². The predicted molar refractivity (Wildman–Crippen MR) is 43.8 cm³/mol. The Bertz CT molecular complexity index is 261. The van der Waals surface area contributed by atoms with E-state index in [1.807, 2.05) is 6.07 Å². The number of hydrogen-bond acceptors (Lipinski definition) is 3. The maximum Gasteiger partial charge on any atom is 0.292 e. The van der Waals surface area contributed by atoms with Crippen LogP contribution in [0.25, 0.3) is 0 Å². The van der Waals surface area contributed by atoms with Crippen molar-refractivity contribution in [2.75, 3.05) is 7.11 Å². The Morgan fingerprint density at radius 1 is 1.42 bits per heavy atom. The molecule has 12 heavy (non-hydrogen) atoms. The van der Waals surface area contributed by atoms with Gasteiger partial charge < -0.3 is 0 Å². The van der Waals surface area contributed by atoms with E-state index in [-0.39, 0.29) is 5.91 Å². The monoisotopic (exact) mass is 166 g/mol. The number of carbonyl (C=O) groups is 1.